The van der Waals surface area contributed by atoms with Crippen molar-refractivity contribution in [3.63, 3.8) is 0 Å². The van der Waals surface area contributed by atoms with Gasteiger partial charge in [0.2, 0.25) is 5.91 Å². The minimum Gasteiger partial charge on any atom is -0.351 e. The molecule has 13 heavy (non-hydrogen) atoms. The van der Waals surface area contributed by atoms with E-state index in [0.29, 0.717) is 18.1 Å². The highest BCUT2D eigenvalue weighted by Crippen LogP contribution is 2.04. The molecule has 0 aliphatic heterocycles. The van der Waals surface area contributed by atoms with Gasteiger partial charge in [0.05, 0.1) is 12.5 Å². The summed E-state index contributed by atoms with van der Waals surface area (Å²) in [6.07, 6.45) is 1.77. The molecule has 0 aromatic rings. The number of carbonyl (C=O) groups excluding carboxylic acids is 1. The second kappa shape index (κ2) is 6.92. The molecule has 1 atom stereocenters. The Hall–Kier alpha value is -0.540. The Morgan fingerprint density at radius 2 is 2.31 bits per heavy atom. The Kier molecular flexibility index (Phi) is 6.63. The van der Waals surface area contributed by atoms with E-state index in [1.807, 2.05) is 6.92 Å². The van der Waals surface area contributed by atoms with Crippen LogP contribution in [-0.2, 0) is 4.79 Å². The van der Waals surface area contributed by atoms with Gasteiger partial charge in [-0.05, 0) is 6.42 Å². The zero-order valence-corrected chi connectivity index (χ0v) is 8.73. The van der Waals surface area contributed by atoms with Crippen molar-refractivity contribution in [2.75, 3.05) is 13.1 Å². The Labute approximate surface area is 84.3 Å². The predicted molar refractivity (Wildman–Crippen MR) is 55.5 cm³/mol. The summed E-state index contributed by atoms with van der Waals surface area (Å²) >= 11 is 5.51. The van der Waals surface area contributed by atoms with Gasteiger partial charge < -0.3 is 11.1 Å². The minimum atomic E-state index is -0.0963. The van der Waals surface area contributed by atoms with Crippen LogP contribution in [-0.4, -0.2) is 19.0 Å². The molecular formula is C9H17ClN2O. The van der Waals surface area contributed by atoms with E-state index < -0.39 is 0 Å². The number of hydrogen-bond acceptors (Lipinski definition) is 2. The molecule has 1 amide bonds. The highest BCUT2D eigenvalue weighted by Gasteiger charge is 2.14. The normalized spacial score (nSPS) is 12.2. The first-order valence-electron chi connectivity index (χ1n) is 4.42. The fourth-order valence-electron chi connectivity index (χ4n) is 1.03. The van der Waals surface area contributed by atoms with Crippen LogP contribution in [0.15, 0.2) is 11.6 Å². The van der Waals surface area contributed by atoms with Crippen molar-refractivity contribution in [3.05, 3.63) is 11.6 Å². The Balaban J connectivity index is 3.84. The number of amides is 1. The molecule has 0 radical (unpaired) electrons. The van der Waals surface area contributed by atoms with Crippen molar-refractivity contribution in [3.8, 4) is 0 Å². The van der Waals surface area contributed by atoms with Gasteiger partial charge in [0.1, 0.15) is 0 Å². The second-order valence-corrected chi connectivity index (χ2v) is 3.49. The van der Waals surface area contributed by atoms with E-state index in [1.54, 1.807) is 0 Å². The lowest BCUT2D eigenvalue weighted by atomic mass is 10.0. The quantitative estimate of drug-likeness (QED) is 0.684. The van der Waals surface area contributed by atoms with Crippen LogP contribution >= 0.6 is 11.6 Å². The Morgan fingerprint density at radius 3 is 2.69 bits per heavy atom. The third-order valence-electron chi connectivity index (χ3n) is 1.75. The zero-order valence-electron chi connectivity index (χ0n) is 7.98. The van der Waals surface area contributed by atoms with E-state index in [2.05, 4.69) is 11.9 Å². The van der Waals surface area contributed by atoms with Crippen molar-refractivity contribution in [2.24, 2.45) is 11.7 Å². The maximum atomic E-state index is 11.4. The van der Waals surface area contributed by atoms with Crippen LogP contribution in [0.5, 0.6) is 0 Å². The molecule has 0 rings (SSSR count). The first-order valence-corrected chi connectivity index (χ1v) is 4.80. The third kappa shape index (κ3) is 5.66. The maximum Gasteiger partial charge on any atom is 0.224 e. The molecule has 0 spiro atoms. The number of hydrogen-bond donors (Lipinski definition) is 2. The fourth-order valence-corrected chi connectivity index (χ4v) is 1.10. The first-order chi connectivity index (χ1) is 6.11. The van der Waals surface area contributed by atoms with E-state index in [-0.39, 0.29) is 11.8 Å². The van der Waals surface area contributed by atoms with Crippen LogP contribution < -0.4 is 11.1 Å². The Morgan fingerprint density at radius 1 is 1.69 bits per heavy atom. The molecule has 0 saturated heterocycles. The summed E-state index contributed by atoms with van der Waals surface area (Å²) in [6.45, 7) is 6.21. The molecule has 76 valence electrons. The molecule has 0 aromatic carbocycles. The van der Waals surface area contributed by atoms with Crippen LogP contribution in [0, 0.1) is 5.92 Å². The molecular weight excluding hydrogens is 188 g/mol. The van der Waals surface area contributed by atoms with Crippen LogP contribution in [0.25, 0.3) is 0 Å². The molecule has 4 heteroatoms. The summed E-state index contributed by atoms with van der Waals surface area (Å²) in [6, 6.07) is 0. The van der Waals surface area contributed by atoms with Crippen molar-refractivity contribution >= 4 is 17.5 Å². The van der Waals surface area contributed by atoms with Crippen LogP contribution in [0.2, 0.25) is 0 Å². The molecule has 0 aliphatic rings. The standard InChI is InChI=1S/C9H17ClN2O/c1-3-4-8(5-11)9(13)12-6-7(2)10/h8H,2-6,11H2,1H3,(H,12,13). The lowest BCUT2D eigenvalue weighted by molar-refractivity contribution is -0.124. The summed E-state index contributed by atoms with van der Waals surface area (Å²) in [5, 5.41) is 3.10. The number of carbonyl (C=O) groups is 1. The Bertz CT molecular complexity index is 182. The highest BCUT2D eigenvalue weighted by atomic mass is 35.5. The zero-order chi connectivity index (χ0) is 10.3. The molecule has 0 fully saturated rings. The summed E-state index contributed by atoms with van der Waals surface area (Å²) in [4.78, 5) is 11.4. The summed E-state index contributed by atoms with van der Waals surface area (Å²) in [5.41, 5.74) is 5.45. The fraction of sp³-hybridized carbons (Fsp3) is 0.667. The molecule has 1 unspecified atom stereocenters. The highest BCUT2D eigenvalue weighted by molar-refractivity contribution is 6.29. The number of rotatable bonds is 6. The molecule has 0 aliphatic carbocycles. The average molecular weight is 205 g/mol. The van der Waals surface area contributed by atoms with Gasteiger partial charge in [-0.2, -0.15) is 0 Å². The lowest BCUT2D eigenvalue weighted by Crippen LogP contribution is -2.35. The van der Waals surface area contributed by atoms with Gasteiger partial charge in [-0.3, -0.25) is 4.79 Å². The number of nitrogens with two attached hydrogens (primary N) is 1. The predicted octanol–water partition coefficient (Wildman–Crippen LogP) is 1.23. The van der Waals surface area contributed by atoms with E-state index in [9.17, 15) is 4.79 Å². The van der Waals surface area contributed by atoms with Crippen LogP contribution in [0.3, 0.4) is 0 Å². The van der Waals surface area contributed by atoms with Gasteiger partial charge in [0, 0.05) is 11.6 Å². The summed E-state index contributed by atoms with van der Waals surface area (Å²) in [5.74, 6) is -0.132. The van der Waals surface area contributed by atoms with Gasteiger partial charge in [-0.1, -0.05) is 31.5 Å². The molecule has 0 aromatic heterocycles. The van der Waals surface area contributed by atoms with E-state index in [1.165, 1.54) is 0 Å². The molecule has 3 nitrogen and oxygen atoms in total. The van der Waals surface area contributed by atoms with E-state index in [0.717, 1.165) is 12.8 Å². The topological polar surface area (TPSA) is 55.1 Å². The number of nitrogens with one attached hydrogen (secondary N) is 1. The average Bonchev–Trinajstić information content (AvgIpc) is 2.10. The molecule has 0 heterocycles. The maximum absolute atomic E-state index is 11.4. The number of halogens is 1. The lowest BCUT2D eigenvalue weighted by Gasteiger charge is -2.13. The molecule has 0 saturated carbocycles. The van der Waals surface area contributed by atoms with Crippen molar-refractivity contribution in [1.29, 1.82) is 0 Å². The van der Waals surface area contributed by atoms with Crippen LogP contribution in [0.4, 0.5) is 0 Å². The van der Waals surface area contributed by atoms with Gasteiger partial charge in [0.15, 0.2) is 0 Å². The van der Waals surface area contributed by atoms with E-state index in [4.69, 9.17) is 17.3 Å². The largest absolute Gasteiger partial charge is 0.351 e. The van der Waals surface area contributed by atoms with Crippen molar-refractivity contribution in [1.82, 2.24) is 5.32 Å². The SMILES string of the molecule is C=C(Cl)CNC(=O)C(CN)CCC. The second-order valence-electron chi connectivity index (χ2n) is 2.96. The first kappa shape index (κ1) is 12.5. The van der Waals surface area contributed by atoms with Crippen LogP contribution in [0.1, 0.15) is 19.8 Å². The summed E-state index contributed by atoms with van der Waals surface area (Å²) in [7, 11) is 0. The third-order valence-corrected chi connectivity index (χ3v) is 1.88. The van der Waals surface area contributed by atoms with Crippen molar-refractivity contribution in [2.45, 2.75) is 19.8 Å². The monoisotopic (exact) mass is 204 g/mol. The summed E-state index contributed by atoms with van der Waals surface area (Å²) < 4.78 is 0. The molecule has 3 N–H and O–H groups in total. The van der Waals surface area contributed by atoms with Gasteiger partial charge in [-0.15, -0.1) is 0 Å². The van der Waals surface area contributed by atoms with Gasteiger partial charge in [-0.25, -0.2) is 0 Å². The van der Waals surface area contributed by atoms with Gasteiger partial charge >= 0.3 is 0 Å². The minimum absolute atomic E-state index is 0.0360. The van der Waals surface area contributed by atoms with E-state index >= 15 is 0 Å². The molecule has 0 bridgehead atoms. The van der Waals surface area contributed by atoms with Gasteiger partial charge in [0.25, 0.3) is 0 Å². The van der Waals surface area contributed by atoms with Crippen molar-refractivity contribution < 1.29 is 4.79 Å². The smallest absolute Gasteiger partial charge is 0.224 e.